The van der Waals surface area contributed by atoms with E-state index in [9.17, 15) is 0 Å². The van der Waals surface area contributed by atoms with E-state index in [1.807, 2.05) is 0 Å². The van der Waals surface area contributed by atoms with E-state index in [1.165, 1.54) is 33.0 Å². The molecule has 0 atom stereocenters. The summed E-state index contributed by atoms with van der Waals surface area (Å²) in [6, 6.07) is 13.2. The van der Waals surface area contributed by atoms with E-state index in [2.05, 4.69) is 60.7 Å². The highest BCUT2D eigenvalue weighted by Crippen LogP contribution is 2.33. The van der Waals surface area contributed by atoms with Gasteiger partial charge in [-0.25, -0.2) is 0 Å². The Balaban J connectivity index is 2.01. The lowest BCUT2D eigenvalue weighted by molar-refractivity contribution is 1.16. The molecule has 2 aromatic rings. The van der Waals surface area contributed by atoms with Gasteiger partial charge in [0.25, 0.3) is 0 Å². The van der Waals surface area contributed by atoms with E-state index >= 15 is 0 Å². The second-order valence-corrected chi connectivity index (χ2v) is 4.73. The van der Waals surface area contributed by atoms with E-state index in [-0.39, 0.29) is 0 Å². The van der Waals surface area contributed by atoms with Crippen LogP contribution in [-0.2, 0) is 6.42 Å². The Hall–Kier alpha value is -2.08. The molecule has 0 radical (unpaired) electrons. The van der Waals surface area contributed by atoms with Crippen LogP contribution in [0.4, 0.5) is 0 Å². The van der Waals surface area contributed by atoms with Gasteiger partial charge in [0, 0.05) is 0 Å². The quantitative estimate of drug-likeness (QED) is 0.616. The summed E-state index contributed by atoms with van der Waals surface area (Å²) in [5.74, 6) is 0. The van der Waals surface area contributed by atoms with E-state index < -0.39 is 0 Å². The predicted molar refractivity (Wildman–Crippen MR) is 72.9 cm³/mol. The lowest BCUT2D eigenvalue weighted by atomic mass is 9.88. The lowest BCUT2D eigenvalue weighted by Gasteiger charge is -2.16. The molecule has 2 aliphatic rings. The largest absolute Gasteiger partial charge is 0.0616 e. The van der Waals surface area contributed by atoms with Crippen LogP contribution >= 0.6 is 0 Å². The third-order valence-electron chi connectivity index (χ3n) is 3.64. The third kappa shape index (κ3) is 1.31. The van der Waals surface area contributed by atoms with Crippen molar-refractivity contribution in [3.8, 4) is 0 Å². The van der Waals surface area contributed by atoms with E-state index in [0.29, 0.717) is 0 Å². The summed E-state index contributed by atoms with van der Waals surface area (Å²) in [6.07, 6.45) is 9.95. The minimum Gasteiger partial charge on any atom is -0.0616 e. The molecule has 0 fully saturated rings. The number of benzene rings is 2. The van der Waals surface area contributed by atoms with E-state index in [0.717, 1.165) is 6.42 Å². The van der Waals surface area contributed by atoms with Crippen molar-refractivity contribution in [1.29, 1.82) is 0 Å². The Morgan fingerprint density at radius 3 is 2.65 bits per heavy atom. The van der Waals surface area contributed by atoms with Crippen LogP contribution in [0, 0.1) is 0 Å². The van der Waals surface area contributed by atoms with Crippen molar-refractivity contribution < 1.29 is 0 Å². The van der Waals surface area contributed by atoms with Gasteiger partial charge in [-0.2, -0.15) is 0 Å². The third-order valence-corrected chi connectivity index (χ3v) is 3.64. The van der Waals surface area contributed by atoms with Crippen LogP contribution in [0.15, 0.2) is 65.8 Å². The van der Waals surface area contributed by atoms with E-state index in [4.69, 9.17) is 0 Å². The van der Waals surface area contributed by atoms with Crippen molar-refractivity contribution in [3.05, 3.63) is 76.9 Å². The minimum absolute atomic E-state index is 1.07. The van der Waals surface area contributed by atoms with Gasteiger partial charge in [-0.15, -0.1) is 0 Å². The van der Waals surface area contributed by atoms with Crippen molar-refractivity contribution in [2.24, 2.45) is 0 Å². The summed E-state index contributed by atoms with van der Waals surface area (Å²) in [7, 11) is 0. The molecule has 0 bridgehead atoms. The smallest absolute Gasteiger partial charge is 0.00137 e. The first-order valence-electron chi connectivity index (χ1n) is 6.01. The van der Waals surface area contributed by atoms with Crippen LogP contribution in [-0.4, -0.2) is 0 Å². The SMILES string of the molecule is C1=CC2=Cc3cc4ccccc4cc3CC2=C1. The van der Waals surface area contributed by atoms with Crippen LogP contribution < -0.4 is 0 Å². The zero-order valence-corrected chi connectivity index (χ0v) is 9.48. The maximum absolute atomic E-state index is 2.33. The van der Waals surface area contributed by atoms with Crippen LogP contribution in [0.25, 0.3) is 16.8 Å². The molecule has 0 saturated carbocycles. The molecule has 0 saturated heterocycles. The maximum atomic E-state index is 2.33. The maximum Gasteiger partial charge on any atom is -0.00137 e. The summed E-state index contributed by atoms with van der Waals surface area (Å²) < 4.78 is 0. The van der Waals surface area contributed by atoms with Gasteiger partial charge in [-0.1, -0.05) is 48.6 Å². The van der Waals surface area contributed by atoms with Gasteiger partial charge in [-0.05, 0) is 51.6 Å². The molecule has 0 amide bonds. The Labute approximate surface area is 101 Å². The number of rotatable bonds is 0. The van der Waals surface area contributed by atoms with Crippen LogP contribution in [0.2, 0.25) is 0 Å². The van der Waals surface area contributed by atoms with Crippen molar-refractivity contribution in [3.63, 3.8) is 0 Å². The van der Waals surface area contributed by atoms with Gasteiger partial charge in [0.15, 0.2) is 0 Å². The monoisotopic (exact) mass is 216 g/mol. The topological polar surface area (TPSA) is 0 Å². The molecule has 0 unspecified atom stereocenters. The zero-order chi connectivity index (χ0) is 11.2. The van der Waals surface area contributed by atoms with Crippen LogP contribution in [0.5, 0.6) is 0 Å². The molecule has 0 aliphatic heterocycles. The second-order valence-electron chi connectivity index (χ2n) is 4.73. The van der Waals surface area contributed by atoms with Crippen LogP contribution in [0.1, 0.15) is 11.1 Å². The van der Waals surface area contributed by atoms with E-state index in [1.54, 1.807) is 0 Å². The zero-order valence-electron chi connectivity index (χ0n) is 9.48. The fourth-order valence-electron chi connectivity index (χ4n) is 2.74. The highest BCUT2D eigenvalue weighted by molar-refractivity contribution is 5.88. The molecule has 80 valence electrons. The van der Waals surface area contributed by atoms with Gasteiger partial charge in [-0.3, -0.25) is 0 Å². The molecule has 0 nitrogen and oxygen atoms in total. The first-order valence-corrected chi connectivity index (χ1v) is 6.01. The van der Waals surface area contributed by atoms with Gasteiger partial charge in [0.1, 0.15) is 0 Å². The minimum atomic E-state index is 1.07. The van der Waals surface area contributed by atoms with Crippen molar-refractivity contribution in [2.45, 2.75) is 6.42 Å². The number of fused-ring (bicyclic) bond motifs is 3. The fourth-order valence-corrected chi connectivity index (χ4v) is 2.74. The van der Waals surface area contributed by atoms with Gasteiger partial charge >= 0.3 is 0 Å². The molecule has 0 aromatic heterocycles. The molecule has 0 N–H and O–H groups in total. The normalized spacial score (nSPS) is 16.5. The Bertz CT molecular complexity index is 712. The van der Waals surface area contributed by atoms with Crippen molar-refractivity contribution in [1.82, 2.24) is 0 Å². The summed E-state index contributed by atoms with van der Waals surface area (Å²) in [5, 5.41) is 2.67. The first-order chi connectivity index (χ1) is 8.40. The number of hydrogen-bond donors (Lipinski definition) is 0. The highest BCUT2D eigenvalue weighted by atomic mass is 14.2. The molecule has 0 heterocycles. The predicted octanol–water partition coefficient (Wildman–Crippen LogP) is 4.28. The lowest BCUT2D eigenvalue weighted by Crippen LogP contribution is -2.00. The Morgan fingerprint density at radius 1 is 0.941 bits per heavy atom. The molecular formula is C17H12. The van der Waals surface area contributed by atoms with Gasteiger partial charge in [0.05, 0.1) is 0 Å². The summed E-state index contributed by atoms with van der Waals surface area (Å²) in [4.78, 5) is 0. The summed E-state index contributed by atoms with van der Waals surface area (Å²) in [5.41, 5.74) is 5.66. The molecule has 0 heteroatoms. The molecule has 2 aliphatic carbocycles. The van der Waals surface area contributed by atoms with Gasteiger partial charge in [0.2, 0.25) is 0 Å². The van der Waals surface area contributed by atoms with Gasteiger partial charge < -0.3 is 0 Å². The molecular weight excluding hydrogens is 204 g/mol. The number of allylic oxidation sites excluding steroid dienone is 5. The van der Waals surface area contributed by atoms with Crippen LogP contribution in [0.3, 0.4) is 0 Å². The molecule has 17 heavy (non-hydrogen) atoms. The average Bonchev–Trinajstić information content (AvgIpc) is 2.80. The summed E-state index contributed by atoms with van der Waals surface area (Å²) in [6.45, 7) is 0. The molecule has 4 rings (SSSR count). The average molecular weight is 216 g/mol. The molecule has 0 spiro atoms. The number of hydrogen-bond acceptors (Lipinski definition) is 0. The second kappa shape index (κ2) is 3.21. The van der Waals surface area contributed by atoms with Crippen molar-refractivity contribution >= 4 is 16.8 Å². The fraction of sp³-hybridized carbons (Fsp3) is 0.0588. The molecule has 2 aromatic carbocycles. The first kappa shape index (κ1) is 9.00. The van der Waals surface area contributed by atoms with Crippen molar-refractivity contribution in [2.75, 3.05) is 0 Å². The Kier molecular flexibility index (Phi) is 1.70. The summed E-state index contributed by atoms with van der Waals surface area (Å²) >= 11 is 0. The Morgan fingerprint density at radius 2 is 1.76 bits per heavy atom. The standard InChI is InChI=1S/C17H12/c1-2-5-13-9-17-11-15-7-3-6-14(15)10-16(17)8-12(13)4-1/h1-10H,11H2. The highest BCUT2D eigenvalue weighted by Gasteiger charge is 2.15.